The number of carbonyl (C=O) groups excluding carboxylic acids is 3. The van der Waals surface area contributed by atoms with Crippen LogP contribution in [0, 0.1) is 11.8 Å². The zero-order valence-electron chi connectivity index (χ0n) is 13.1. The summed E-state index contributed by atoms with van der Waals surface area (Å²) in [5.74, 6) is -0.141. The molecule has 1 saturated carbocycles. The second-order valence-electron chi connectivity index (χ2n) is 5.59. The number of urea groups is 1. The van der Waals surface area contributed by atoms with Crippen LogP contribution in [0.2, 0.25) is 0 Å². The Bertz CT molecular complexity index is 693. The van der Waals surface area contributed by atoms with Crippen molar-refractivity contribution in [3.05, 3.63) is 0 Å². The third kappa shape index (κ3) is 2.80. The third-order valence-electron chi connectivity index (χ3n) is 3.96. The Morgan fingerprint density at radius 3 is 2.70 bits per heavy atom. The van der Waals surface area contributed by atoms with Crippen LogP contribution in [-0.2, 0) is 14.3 Å². The summed E-state index contributed by atoms with van der Waals surface area (Å²) in [4.78, 5) is 46.0. The number of thioether (sulfide) groups is 1. The van der Waals surface area contributed by atoms with Crippen molar-refractivity contribution >= 4 is 46.4 Å². The highest BCUT2D eigenvalue weighted by atomic mass is 32.2. The highest BCUT2D eigenvalue weighted by molar-refractivity contribution is 8.14. The summed E-state index contributed by atoms with van der Waals surface area (Å²) in [7, 11) is 4.34. The number of carbonyl (C=O) groups is 3. The van der Waals surface area contributed by atoms with Crippen molar-refractivity contribution in [1.82, 2.24) is 4.90 Å². The minimum absolute atomic E-state index is 0.0612. The molecule has 1 fully saturated rings. The molecule has 122 valence electrons. The molecule has 0 spiro atoms. The number of aliphatic imine (C=N–C) groups is 2. The number of hydrogen-bond acceptors (Lipinski definition) is 7. The van der Waals surface area contributed by atoms with Crippen LogP contribution in [0.25, 0.3) is 0 Å². The first-order valence-corrected chi connectivity index (χ1v) is 8.21. The molecule has 0 saturated heterocycles. The van der Waals surface area contributed by atoms with Gasteiger partial charge in [0.05, 0.1) is 27.0 Å². The van der Waals surface area contributed by atoms with Crippen molar-refractivity contribution in [2.24, 2.45) is 21.8 Å². The van der Waals surface area contributed by atoms with Gasteiger partial charge in [-0.1, -0.05) is 16.8 Å². The van der Waals surface area contributed by atoms with Gasteiger partial charge < -0.3 is 4.74 Å². The Hall–Kier alpha value is -2.03. The van der Waals surface area contributed by atoms with Crippen molar-refractivity contribution in [1.29, 1.82) is 0 Å². The van der Waals surface area contributed by atoms with Crippen molar-refractivity contribution in [3.8, 4) is 0 Å². The molecule has 3 amide bonds. The van der Waals surface area contributed by atoms with Crippen molar-refractivity contribution < 1.29 is 23.7 Å². The number of fused-ring (bicyclic) bond motifs is 1. The standard InChI is InChI=1S/C14H17N4O4S/c1-17-11-9(13(20)18(2)14(17)21)12(23-6-8(19)22-3)16-10(15-11)7-4-5-7/h7,9H,4-6H2,1-3H3/q+1. The number of nitrogens with zero attached hydrogens (tertiary/aromatic N) is 4. The summed E-state index contributed by atoms with van der Waals surface area (Å²) in [6.07, 6.45) is 2.00. The first-order valence-electron chi connectivity index (χ1n) is 7.23. The number of hydrogen-bond donors (Lipinski definition) is 0. The molecule has 1 aliphatic carbocycles. The molecule has 0 bridgehead atoms. The molecule has 0 aromatic carbocycles. The van der Waals surface area contributed by atoms with E-state index >= 15 is 0 Å². The highest BCUT2D eigenvalue weighted by Gasteiger charge is 2.50. The predicted molar refractivity (Wildman–Crippen MR) is 84.9 cm³/mol. The van der Waals surface area contributed by atoms with Gasteiger partial charge in [-0.15, -0.1) is 0 Å². The van der Waals surface area contributed by atoms with Gasteiger partial charge >= 0.3 is 17.9 Å². The van der Waals surface area contributed by atoms with Gasteiger partial charge in [0.1, 0.15) is 5.04 Å². The van der Waals surface area contributed by atoms with Crippen LogP contribution in [0.1, 0.15) is 12.8 Å². The largest absolute Gasteiger partial charge is 0.468 e. The fourth-order valence-corrected chi connectivity index (χ4v) is 3.34. The molecule has 2 aliphatic heterocycles. The fourth-order valence-electron chi connectivity index (χ4n) is 2.42. The van der Waals surface area contributed by atoms with Crippen LogP contribution in [0.4, 0.5) is 4.79 Å². The molecule has 1 unspecified atom stereocenters. The molecule has 0 N–H and O–H groups in total. The first kappa shape index (κ1) is 15.9. The third-order valence-corrected chi connectivity index (χ3v) is 4.96. The van der Waals surface area contributed by atoms with E-state index in [1.165, 1.54) is 18.7 Å². The van der Waals surface area contributed by atoms with Crippen LogP contribution in [0.5, 0.6) is 0 Å². The molecule has 9 heteroatoms. The molecule has 23 heavy (non-hydrogen) atoms. The molecule has 3 rings (SSSR count). The van der Waals surface area contributed by atoms with Gasteiger partial charge in [-0.3, -0.25) is 9.59 Å². The van der Waals surface area contributed by atoms with E-state index < -0.39 is 17.9 Å². The molecule has 0 radical (unpaired) electrons. The Labute approximate surface area is 137 Å². The Morgan fingerprint density at radius 1 is 1.39 bits per heavy atom. The maximum atomic E-state index is 12.5. The summed E-state index contributed by atoms with van der Waals surface area (Å²) >= 11 is 1.16. The van der Waals surface area contributed by atoms with Gasteiger partial charge in [0.15, 0.2) is 5.92 Å². The summed E-state index contributed by atoms with van der Waals surface area (Å²) in [5, 5.41) is 0.499. The number of amides is 3. The van der Waals surface area contributed by atoms with Gasteiger partial charge in [-0.2, -0.15) is 9.48 Å². The number of imide groups is 1. The summed E-state index contributed by atoms with van der Waals surface area (Å²) in [6.45, 7) is 0. The van der Waals surface area contributed by atoms with Gasteiger partial charge in [0.2, 0.25) is 5.84 Å². The van der Waals surface area contributed by atoms with Gasteiger partial charge in [-0.25, -0.2) is 9.79 Å². The van der Waals surface area contributed by atoms with Crippen LogP contribution in [-0.4, -0.2) is 71.1 Å². The number of amidine groups is 2. The molecule has 3 aliphatic rings. The van der Waals surface area contributed by atoms with Crippen LogP contribution in [0.15, 0.2) is 9.98 Å². The number of methoxy groups -OCH3 is 1. The van der Waals surface area contributed by atoms with Gasteiger partial charge in [0, 0.05) is 5.92 Å². The lowest BCUT2D eigenvalue weighted by atomic mass is 10.0. The number of ether oxygens (including phenoxy) is 1. The Morgan fingerprint density at radius 2 is 2.09 bits per heavy atom. The zero-order valence-corrected chi connectivity index (χ0v) is 13.9. The van der Waals surface area contributed by atoms with E-state index in [1.807, 2.05) is 0 Å². The number of esters is 1. The zero-order chi connectivity index (χ0) is 16.7. The van der Waals surface area contributed by atoms with E-state index in [9.17, 15) is 14.4 Å². The van der Waals surface area contributed by atoms with E-state index in [2.05, 4.69) is 14.7 Å². The second kappa shape index (κ2) is 5.88. The minimum atomic E-state index is -0.736. The summed E-state index contributed by atoms with van der Waals surface area (Å²) in [6, 6.07) is -0.417. The van der Waals surface area contributed by atoms with Gasteiger partial charge in [-0.05, 0) is 12.8 Å². The lowest BCUT2D eigenvalue weighted by Crippen LogP contribution is -2.54. The fraction of sp³-hybridized carbons (Fsp3) is 0.571. The topological polar surface area (TPSA) is 91.4 Å². The van der Waals surface area contributed by atoms with E-state index in [0.29, 0.717) is 16.7 Å². The Balaban J connectivity index is 1.99. The number of rotatable bonds is 3. The Kier molecular flexibility index (Phi) is 4.05. The molecule has 1 atom stereocenters. The minimum Gasteiger partial charge on any atom is -0.468 e. The first-order chi connectivity index (χ1) is 10.9. The maximum absolute atomic E-state index is 12.5. The van der Waals surface area contributed by atoms with Crippen LogP contribution >= 0.6 is 11.8 Å². The van der Waals surface area contributed by atoms with Gasteiger partial charge in [0.25, 0.3) is 5.84 Å². The molecular weight excluding hydrogens is 320 g/mol. The highest BCUT2D eigenvalue weighted by Crippen LogP contribution is 2.35. The van der Waals surface area contributed by atoms with Crippen molar-refractivity contribution in [2.75, 3.05) is 27.0 Å². The molecule has 0 aromatic heterocycles. The second-order valence-corrected chi connectivity index (χ2v) is 6.58. The van der Waals surface area contributed by atoms with Crippen molar-refractivity contribution in [3.63, 3.8) is 0 Å². The molecule has 2 heterocycles. The van der Waals surface area contributed by atoms with E-state index in [1.54, 1.807) is 7.05 Å². The van der Waals surface area contributed by atoms with Crippen LogP contribution in [0.3, 0.4) is 0 Å². The lowest BCUT2D eigenvalue weighted by molar-refractivity contribution is -0.407. The van der Waals surface area contributed by atoms with Crippen LogP contribution < -0.4 is 0 Å². The molecule has 0 aromatic rings. The van der Waals surface area contributed by atoms with E-state index in [4.69, 9.17) is 0 Å². The SMILES string of the molecule is COC(=O)CSC1=NC(C2CC2)=NC2=[N+](C)C(=O)N(C)C(=O)C12. The predicted octanol–water partition coefficient (Wildman–Crippen LogP) is 0.362. The van der Waals surface area contributed by atoms with E-state index in [-0.39, 0.29) is 17.6 Å². The molecule has 8 nitrogen and oxygen atoms in total. The summed E-state index contributed by atoms with van der Waals surface area (Å²) in [5.41, 5.74) is 0. The lowest BCUT2D eigenvalue weighted by Gasteiger charge is -2.26. The van der Waals surface area contributed by atoms with E-state index in [0.717, 1.165) is 29.5 Å². The van der Waals surface area contributed by atoms with Crippen molar-refractivity contribution in [2.45, 2.75) is 12.8 Å². The quantitative estimate of drug-likeness (QED) is 0.548. The molecular formula is C14H17N4O4S+. The maximum Gasteiger partial charge on any atom is 0.445 e. The average Bonchev–Trinajstić information content (AvgIpc) is 3.39. The average molecular weight is 337 g/mol. The monoisotopic (exact) mass is 337 g/mol. The normalized spacial score (nSPS) is 24.3. The smallest absolute Gasteiger partial charge is 0.445 e. The summed E-state index contributed by atoms with van der Waals surface area (Å²) < 4.78 is 6.02.